The molecule has 0 aromatic heterocycles. The molecule has 2 aliphatic carbocycles. The van der Waals surface area contributed by atoms with Crippen molar-refractivity contribution >= 4 is 0 Å². The molecule has 0 saturated heterocycles. The summed E-state index contributed by atoms with van der Waals surface area (Å²) >= 11 is 0. The maximum atomic E-state index is 5.81. The Kier molecular flexibility index (Phi) is 10.8. The Morgan fingerprint density at radius 1 is 0.742 bits per heavy atom. The summed E-state index contributed by atoms with van der Waals surface area (Å²) in [4.78, 5) is 0. The summed E-state index contributed by atoms with van der Waals surface area (Å²) in [5.74, 6) is 11.6. The van der Waals surface area contributed by atoms with E-state index in [4.69, 9.17) is 4.74 Å². The van der Waals surface area contributed by atoms with Gasteiger partial charge in [0.15, 0.2) is 0 Å². The number of unbranched alkanes of at least 4 members (excludes halogenated alkanes) is 4. The van der Waals surface area contributed by atoms with E-state index in [9.17, 15) is 0 Å². The molecule has 0 aliphatic heterocycles. The molecule has 2 fully saturated rings. The zero-order valence-corrected chi connectivity index (χ0v) is 20.3. The van der Waals surface area contributed by atoms with Gasteiger partial charge >= 0.3 is 0 Å². The zero-order valence-electron chi connectivity index (χ0n) is 20.3. The first-order chi connectivity index (χ1) is 15.3. The standard InChI is InChI=1S/C30H46O/c1-3-5-7-9-25-12-18-28(19-13-25)29-20-14-26(15-21-29)10-11-27-16-22-30(23-17-27)31-24-8-6-4-2/h16-17,22-23,25-26,28-29H,3-9,12-15,18-21,24H2,1-2H3. The maximum absolute atomic E-state index is 5.81. The van der Waals surface area contributed by atoms with E-state index in [-0.39, 0.29) is 0 Å². The van der Waals surface area contributed by atoms with Crippen LogP contribution in [0, 0.1) is 35.5 Å². The quantitative estimate of drug-likeness (QED) is 0.270. The van der Waals surface area contributed by atoms with Crippen LogP contribution < -0.4 is 4.74 Å². The van der Waals surface area contributed by atoms with Gasteiger partial charge in [-0.3, -0.25) is 0 Å². The largest absolute Gasteiger partial charge is 0.494 e. The minimum Gasteiger partial charge on any atom is -0.494 e. The van der Waals surface area contributed by atoms with Gasteiger partial charge in [0.25, 0.3) is 0 Å². The third kappa shape index (κ3) is 8.56. The summed E-state index contributed by atoms with van der Waals surface area (Å²) in [7, 11) is 0. The molecule has 0 unspecified atom stereocenters. The summed E-state index contributed by atoms with van der Waals surface area (Å²) in [6.45, 7) is 5.36. The van der Waals surface area contributed by atoms with Gasteiger partial charge in [-0.1, -0.05) is 77.1 Å². The predicted molar refractivity (Wildman–Crippen MR) is 133 cm³/mol. The van der Waals surface area contributed by atoms with Crippen molar-refractivity contribution < 1.29 is 4.74 Å². The fourth-order valence-corrected chi connectivity index (χ4v) is 5.73. The van der Waals surface area contributed by atoms with Gasteiger partial charge in [0.05, 0.1) is 6.61 Å². The maximum Gasteiger partial charge on any atom is 0.119 e. The molecule has 0 bridgehead atoms. The van der Waals surface area contributed by atoms with Gasteiger partial charge in [0, 0.05) is 11.5 Å². The Hall–Kier alpha value is -1.42. The first-order valence-corrected chi connectivity index (χ1v) is 13.5. The van der Waals surface area contributed by atoms with E-state index in [2.05, 4.69) is 50.0 Å². The second-order valence-corrected chi connectivity index (χ2v) is 10.2. The molecule has 1 aromatic rings. The number of hydrogen-bond acceptors (Lipinski definition) is 1. The van der Waals surface area contributed by atoms with Gasteiger partial charge < -0.3 is 4.74 Å². The molecular formula is C30H46O. The molecule has 2 aliphatic rings. The Morgan fingerprint density at radius 3 is 2.00 bits per heavy atom. The molecule has 0 radical (unpaired) electrons. The van der Waals surface area contributed by atoms with E-state index >= 15 is 0 Å². The summed E-state index contributed by atoms with van der Waals surface area (Å²) in [5.41, 5.74) is 1.13. The van der Waals surface area contributed by atoms with E-state index in [1.54, 1.807) is 0 Å². The van der Waals surface area contributed by atoms with Crippen molar-refractivity contribution in [1.82, 2.24) is 0 Å². The van der Waals surface area contributed by atoms with E-state index in [1.807, 2.05) is 0 Å². The first-order valence-electron chi connectivity index (χ1n) is 13.5. The Morgan fingerprint density at radius 2 is 1.35 bits per heavy atom. The highest BCUT2D eigenvalue weighted by Crippen LogP contribution is 2.42. The van der Waals surface area contributed by atoms with E-state index in [1.165, 1.54) is 89.9 Å². The van der Waals surface area contributed by atoms with Crippen molar-refractivity contribution in [3.8, 4) is 17.6 Å². The summed E-state index contributed by atoms with van der Waals surface area (Å²) in [6, 6.07) is 8.39. The molecule has 2 saturated carbocycles. The fraction of sp³-hybridized carbons (Fsp3) is 0.733. The van der Waals surface area contributed by atoms with Gasteiger partial charge in [-0.2, -0.15) is 0 Å². The third-order valence-corrected chi connectivity index (χ3v) is 7.84. The molecule has 0 spiro atoms. The van der Waals surface area contributed by atoms with Crippen molar-refractivity contribution in [2.45, 2.75) is 110 Å². The first kappa shape index (κ1) is 24.2. The third-order valence-electron chi connectivity index (χ3n) is 7.84. The van der Waals surface area contributed by atoms with E-state index < -0.39 is 0 Å². The zero-order chi connectivity index (χ0) is 21.7. The van der Waals surface area contributed by atoms with Crippen LogP contribution in [0.25, 0.3) is 0 Å². The Labute approximate surface area is 192 Å². The molecule has 0 N–H and O–H groups in total. The van der Waals surface area contributed by atoms with Crippen LogP contribution in [-0.4, -0.2) is 6.61 Å². The van der Waals surface area contributed by atoms with Crippen molar-refractivity contribution in [3.05, 3.63) is 29.8 Å². The van der Waals surface area contributed by atoms with Crippen LogP contribution in [0.2, 0.25) is 0 Å². The molecule has 1 nitrogen and oxygen atoms in total. The van der Waals surface area contributed by atoms with Gasteiger partial charge in [-0.05, 0) is 87.0 Å². The topological polar surface area (TPSA) is 9.23 Å². The van der Waals surface area contributed by atoms with Crippen LogP contribution in [0.5, 0.6) is 5.75 Å². The molecule has 172 valence electrons. The highest BCUT2D eigenvalue weighted by atomic mass is 16.5. The molecule has 0 atom stereocenters. The molecular weight excluding hydrogens is 376 g/mol. The Bertz CT molecular complexity index is 648. The van der Waals surface area contributed by atoms with Gasteiger partial charge in [0.1, 0.15) is 5.75 Å². The molecule has 0 heterocycles. The van der Waals surface area contributed by atoms with Crippen molar-refractivity contribution in [2.75, 3.05) is 6.61 Å². The average molecular weight is 423 g/mol. The van der Waals surface area contributed by atoms with Crippen LogP contribution in [0.15, 0.2) is 24.3 Å². The van der Waals surface area contributed by atoms with Crippen LogP contribution in [-0.2, 0) is 0 Å². The molecule has 3 rings (SSSR count). The van der Waals surface area contributed by atoms with Gasteiger partial charge in [-0.25, -0.2) is 0 Å². The number of hydrogen-bond donors (Lipinski definition) is 0. The summed E-state index contributed by atoms with van der Waals surface area (Å²) in [6.07, 6.45) is 20.8. The molecule has 1 heteroatoms. The van der Waals surface area contributed by atoms with E-state index in [0.717, 1.165) is 42.1 Å². The second kappa shape index (κ2) is 13.9. The number of rotatable bonds is 10. The Balaban J connectivity index is 1.35. The summed E-state index contributed by atoms with van der Waals surface area (Å²) < 4.78 is 5.81. The number of benzene rings is 1. The van der Waals surface area contributed by atoms with Crippen LogP contribution >= 0.6 is 0 Å². The monoisotopic (exact) mass is 422 g/mol. The lowest BCUT2D eigenvalue weighted by Gasteiger charge is -2.37. The minimum atomic E-state index is 0.603. The highest BCUT2D eigenvalue weighted by Gasteiger charge is 2.30. The smallest absolute Gasteiger partial charge is 0.119 e. The van der Waals surface area contributed by atoms with Gasteiger partial charge in [-0.15, -0.1) is 0 Å². The normalized spacial score (nSPS) is 26.1. The SMILES string of the molecule is CCCCCOc1ccc(C#CC2CCC(C3CCC(CCCCC)CC3)CC2)cc1. The van der Waals surface area contributed by atoms with Crippen LogP contribution in [0.4, 0.5) is 0 Å². The van der Waals surface area contributed by atoms with Crippen LogP contribution in [0.3, 0.4) is 0 Å². The second-order valence-electron chi connectivity index (χ2n) is 10.2. The van der Waals surface area contributed by atoms with Crippen LogP contribution in [0.1, 0.15) is 116 Å². The molecule has 0 amide bonds. The van der Waals surface area contributed by atoms with Crippen molar-refractivity contribution in [2.24, 2.45) is 23.7 Å². The lowest BCUT2D eigenvalue weighted by molar-refractivity contribution is 0.153. The van der Waals surface area contributed by atoms with E-state index in [0.29, 0.717) is 5.92 Å². The lowest BCUT2D eigenvalue weighted by atomic mass is 9.69. The minimum absolute atomic E-state index is 0.603. The average Bonchev–Trinajstić information content (AvgIpc) is 2.82. The number of ether oxygens (including phenoxy) is 1. The predicted octanol–water partition coefficient (Wildman–Crippen LogP) is 8.80. The molecule has 31 heavy (non-hydrogen) atoms. The summed E-state index contributed by atoms with van der Waals surface area (Å²) in [5, 5.41) is 0. The van der Waals surface area contributed by atoms with Crippen molar-refractivity contribution in [1.29, 1.82) is 0 Å². The lowest BCUT2D eigenvalue weighted by Crippen LogP contribution is -2.25. The van der Waals surface area contributed by atoms with Crippen molar-refractivity contribution in [3.63, 3.8) is 0 Å². The fourth-order valence-electron chi connectivity index (χ4n) is 5.73. The molecule has 1 aromatic carbocycles. The highest BCUT2D eigenvalue weighted by molar-refractivity contribution is 5.38. The van der Waals surface area contributed by atoms with Gasteiger partial charge in [0.2, 0.25) is 0 Å².